The minimum Gasteiger partial charge on any atom is -0.493 e. The molecule has 1 amide bonds. The van der Waals surface area contributed by atoms with Gasteiger partial charge in [-0.25, -0.2) is 4.98 Å². The number of aromatic amines is 1. The third-order valence-electron chi connectivity index (χ3n) is 4.83. The number of carbonyl (C=O) groups is 1. The molecule has 3 aromatic carbocycles. The quantitative estimate of drug-likeness (QED) is 0.310. The van der Waals surface area contributed by atoms with E-state index in [2.05, 4.69) is 21.4 Å². The van der Waals surface area contributed by atoms with E-state index in [4.69, 9.17) is 32.7 Å². The summed E-state index contributed by atoms with van der Waals surface area (Å²) in [6, 6.07) is 19.6. The molecule has 0 radical (unpaired) electrons. The topological polar surface area (TPSA) is 100 Å². The van der Waals surface area contributed by atoms with Gasteiger partial charge >= 0.3 is 0 Å². The molecule has 4 aromatic rings. The van der Waals surface area contributed by atoms with Crippen LogP contribution >= 0.6 is 23.2 Å². The van der Waals surface area contributed by atoms with Crippen molar-refractivity contribution >= 4 is 57.5 Å². The zero-order valence-electron chi connectivity index (χ0n) is 17.9. The Labute approximate surface area is 205 Å². The number of hydrogen-bond acceptors (Lipinski definition) is 5. The van der Waals surface area contributed by atoms with Crippen LogP contribution in [0.5, 0.6) is 11.5 Å². The minimum absolute atomic E-state index is 0.257. The molecule has 9 heteroatoms. The molecule has 2 N–H and O–H groups in total. The molecule has 0 unspecified atom stereocenters. The van der Waals surface area contributed by atoms with E-state index in [-0.39, 0.29) is 6.61 Å². The van der Waals surface area contributed by atoms with Crippen LogP contribution in [0, 0.1) is 11.3 Å². The molecule has 0 saturated heterocycles. The molecule has 1 aromatic heterocycles. The Balaban J connectivity index is 1.48. The normalized spacial score (nSPS) is 11.2. The summed E-state index contributed by atoms with van der Waals surface area (Å²) in [4.78, 5) is 19.9. The lowest BCUT2D eigenvalue weighted by molar-refractivity contribution is -0.118. The Morgan fingerprint density at radius 2 is 1.97 bits per heavy atom. The zero-order valence-corrected chi connectivity index (χ0v) is 19.4. The minimum atomic E-state index is -0.396. The molecular weight excluding hydrogens is 475 g/mol. The van der Waals surface area contributed by atoms with E-state index < -0.39 is 5.91 Å². The number of rotatable bonds is 7. The van der Waals surface area contributed by atoms with Crippen LogP contribution in [0.1, 0.15) is 11.4 Å². The number of para-hydroxylation sites is 2. The second kappa shape index (κ2) is 10.3. The lowest BCUT2D eigenvalue weighted by Crippen LogP contribution is -2.20. The van der Waals surface area contributed by atoms with Crippen LogP contribution < -0.4 is 14.8 Å². The summed E-state index contributed by atoms with van der Waals surface area (Å²) in [7, 11) is 1.49. The molecule has 0 aliphatic rings. The fourth-order valence-electron chi connectivity index (χ4n) is 3.21. The van der Waals surface area contributed by atoms with E-state index >= 15 is 0 Å². The average Bonchev–Trinajstić information content (AvgIpc) is 3.27. The first kappa shape index (κ1) is 23.2. The molecular formula is C25H18Cl2N4O3. The summed E-state index contributed by atoms with van der Waals surface area (Å²) < 4.78 is 11.0. The van der Waals surface area contributed by atoms with Crippen LogP contribution in [0.25, 0.3) is 22.7 Å². The van der Waals surface area contributed by atoms with Crippen molar-refractivity contribution in [1.82, 2.24) is 9.97 Å². The van der Waals surface area contributed by atoms with Gasteiger partial charge in [0.2, 0.25) is 0 Å². The number of amides is 1. The number of hydrogen-bond donors (Lipinski definition) is 2. The van der Waals surface area contributed by atoms with Crippen molar-refractivity contribution in [3.8, 4) is 17.6 Å². The SMILES string of the molecule is COc1cc(/C=C(\C#N)c2nc3ccccc3[nH]2)ccc1OCC(=O)Nc1ccc(Cl)cc1Cl. The maximum absolute atomic E-state index is 12.3. The number of anilines is 1. The van der Waals surface area contributed by atoms with Gasteiger partial charge in [-0.2, -0.15) is 5.26 Å². The van der Waals surface area contributed by atoms with E-state index in [0.717, 1.165) is 11.0 Å². The van der Waals surface area contributed by atoms with Crippen LogP contribution in [0.3, 0.4) is 0 Å². The second-order valence-corrected chi connectivity index (χ2v) is 7.99. The molecule has 4 rings (SSSR count). The van der Waals surface area contributed by atoms with Crippen molar-refractivity contribution in [2.75, 3.05) is 19.0 Å². The van der Waals surface area contributed by atoms with Crippen molar-refractivity contribution in [3.63, 3.8) is 0 Å². The Kier molecular flexibility index (Phi) is 7.02. The third-order valence-corrected chi connectivity index (χ3v) is 5.38. The van der Waals surface area contributed by atoms with Gasteiger partial charge in [-0.05, 0) is 54.1 Å². The van der Waals surface area contributed by atoms with Gasteiger partial charge in [0.1, 0.15) is 11.9 Å². The van der Waals surface area contributed by atoms with E-state index in [1.807, 2.05) is 24.3 Å². The van der Waals surface area contributed by atoms with E-state index in [1.165, 1.54) is 13.2 Å². The second-order valence-electron chi connectivity index (χ2n) is 7.14. The highest BCUT2D eigenvalue weighted by Gasteiger charge is 2.12. The third kappa shape index (κ3) is 5.31. The van der Waals surface area contributed by atoms with Gasteiger partial charge in [-0.15, -0.1) is 0 Å². The van der Waals surface area contributed by atoms with Crippen molar-refractivity contribution < 1.29 is 14.3 Å². The number of fused-ring (bicyclic) bond motifs is 1. The van der Waals surface area contributed by atoms with Gasteiger partial charge < -0.3 is 19.8 Å². The fraction of sp³-hybridized carbons (Fsp3) is 0.0800. The smallest absolute Gasteiger partial charge is 0.262 e. The number of nitriles is 1. The van der Waals surface area contributed by atoms with Crippen molar-refractivity contribution in [1.29, 1.82) is 5.26 Å². The number of H-pyrrole nitrogens is 1. The molecule has 0 atom stereocenters. The number of nitrogens with zero attached hydrogens (tertiary/aromatic N) is 2. The molecule has 34 heavy (non-hydrogen) atoms. The number of ether oxygens (including phenoxy) is 2. The lowest BCUT2D eigenvalue weighted by atomic mass is 10.1. The van der Waals surface area contributed by atoms with Crippen molar-refractivity contribution in [3.05, 3.63) is 82.1 Å². The van der Waals surface area contributed by atoms with Gasteiger partial charge in [0, 0.05) is 5.02 Å². The Bertz CT molecular complexity index is 1410. The summed E-state index contributed by atoms with van der Waals surface area (Å²) >= 11 is 12.0. The summed E-state index contributed by atoms with van der Waals surface area (Å²) in [6.45, 7) is -0.257. The maximum atomic E-state index is 12.3. The maximum Gasteiger partial charge on any atom is 0.262 e. The molecule has 0 aliphatic carbocycles. The van der Waals surface area contributed by atoms with E-state index in [0.29, 0.717) is 44.2 Å². The number of allylic oxidation sites excluding steroid dienone is 1. The summed E-state index contributed by atoms with van der Waals surface area (Å²) in [6.07, 6.45) is 1.69. The number of halogens is 2. The summed E-state index contributed by atoms with van der Waals surface area (Å²) in [5.41, 5.74) is 3.13. The number of benzene rings is 3. The number of nitrogens with one attached hydrogen (secondary N) is 2. The predicted octanol–water partition coefficient (Wildman–Crippen LogP) is 5.96. The van der Waals surface area contributed by atoms with Crippen LogP contribution in [-0.2, 0) is 4.79 Å². The molecule has 170 valence electrons. The monoisotopic (exact) mass is 492 g/mol. The lowest BCUT2D eigenvalue weighted by Gasteiger charge is -2.12. The summed E-state index contributed by atoms with van der Waals surface area (Å²) in [5, 5.41) is 13.1. The van der Waals surface area contributed by atoms with Gasteiger partial charge in [-0.3, -0.25) is 4.79 Å². The zero-order chi connectivity index (χ0) is 24.1. The van der Waals surface area contributed by atoms with Crippen LogP contribution in [0.15, 0.2) is 60.7 Å². The Hall–Kier alpha value is -3.99. The molecule has 1 heterocycles. The highest BCUT2D eigenvalue weighted by molar-refractivity contribution is 6.36. The highest BCUT2D eigenvalue weighted by Crippen LogP contribution is 2.30. The number of aromatic nitrogens is 2. The fourth-order valence-corrected chi connectivity index (χ4v) is 3.67. The van der Waals surface area contributed by atoms with Crippen molar-refractivity contribution in [2.45, 2.75) is 0 Å². The van der Waals surface area contributed by atoms with Crippen molar-refractivity contribution in [2.24, 2.45) is 0 Å². The number of imidazole rings is 1. The van der Waals surface area contributed by atoms with Gasteiger partial charge in [0.25, 0.3) is 5.91 Å². The largest absolute Gasteiger partial charge is 0.493 e. The molecule has 7 nitrogen and oxygen atoms in total. The van der Waals surface area contributed by atoms with Gasteiger partial charge in [0.15, 0.2) is 18.1 Å². The number of methoxy groups -OCH3 is 1. The molecule has 0 spiro atoms. The van der Waals surface area contributed by atoms with E-state index in [1.54, 1.807) is 36.4 Å². The molecule has 0 fully saturated rings. The highest BCUT2D eigenvalue weighted by atomic mass is 35.5. The summed E-state index contributed by atoms with van der Waals surface area (Å²) in [5.74, 6) is 0.861. The first-order valence-electron chi connectivity index (χ1n) is 10.1. The van der Waals surface area contributed by atoms with Crippen LogP contribution in [-0.4, -0.2) is 29.6 Å². The Morgan fingerprint density at radius 3 is 2.71 bits per heavy atom. The van der Waals surface area contributed by atoms with Gasteiger partial charge in [0.05, 0.1) is 34.4 Å². The van der Waals surface area contributed by atoms with Crippen LogP contribution in [0.2, 0.25) is 10.0 Å². The first-order chi connectivity index (χ1) is 16.5. The molecule has 0 saturated carbocycles. The van der Waals surface area contributed by atoms with Crippen LogP contribution in [0.4, 0.5) is 5.69 Å². The molecule has 0 aliphatic heterocycles. The van der Waals surface area contributed by atoms with E-state index in [9.17, 15) is 10.1 Å². The Morgan fingerprint density at radius 1 is 1.15 bits per heavy atom. The predicted molar refractivity (Wildman–Crippen MR) is 133 cm³/mol. The standard InChI is InChI=1S/C25H18Cl2N4O3/c1-33-23-11-15(10-16(13-28)25-30-20-4-2-3-5-21(20)31-25)6-9-22(23)34-14-24(32)29-19-8-7-17(26)12-18(19)27/h2-12H,14H2,1H3,(H,29,32)(H,30,31)/b16-10+. The average molecular weight is 493 g/mol. The number of carbonyl (C=O) groups excluding carboxylic acids is 1. The molecule has 0 bridgehead atoms. The first-order valence-corrected chi connectivity index (χ1v) is 10.8. The van der Waals surface area contributed by atoms with Gasteiger partial charge in [-0.1, -0.05) is 41.4 Å².